The molecular weight excluding hydrogens is 258 g/mol. The topological polar surface area (TPSA) is 12.9 Å². The number of halogens is 1. The van der Waals surface area contributed by atoms with E-state index in [0.29, 0.717) is 0 Å². The van der Waals surface area contributed by atoms with Gasteiger partial charge in [-0.1, -0.05) is 30.3 Å². The zero-order valence-corrected chi connectivity index (χ0v) is 9.60. The Morgan fingerprint density at radius 2 is 1.93 bits per heavy atom. The SMILES string of the molecule is Brc1nc2c(ccc3ccccc32)s1. The normalized spacial score (nSPS) is 11.2. The summed E-state index contributed by atoms with van der Waals surface area (Å²) >= 11 is 5.09. The Balaban J connectivity index is 2.60. The minimum atomic E-state index is 0.948. The lowest BCUT2D eigenvalue weighted by Crippen LogP contribution is -1.73. The van der Waals surface area contributed by atoms with Crippen LogP contribution in [0.2, 0.25) is 0 Å². The molecule has 1 nitrogen and oxygen atoms in total. The van der Waals surface area contributed by atoms with Gasteiger partial charge in [0.2, 0.25) is 0 Å². The maximum atomic E-state index is 4.48. The lowest BCUT2D eigenvalue weighted by molar-refractivity contribution is 1.46. The number of thiazole rings is 1. The van der Waals surface area contributed by atoms with E-state index >= 15 is 0 Å². The highest BCUT2D eigenvalue weighted by Gasteiger charge is 2.04. The maximum absolute atomic E-state index is 4.48. The van der Waals surface area contributed by atoms with Crippen molar-refractivity contribution in [3.63, 3.8) is 0 Å². The molecule has 0 spiro atoms. The van der Waals surface area contributed by atoms with Crippen LogP contribution in [0.4, 0.5) is 0 Å². The Labute approximate surface area is 93.5 Å². The molecule has 0 N–H and O–H groups in total. The number of fused-ring (bicyclic) bond motifs is 3. The molecule has 0 aliphatic heterocycles. The van der Waals surface area contributed by atoms with Crippen molar-refractivity contribution in [3.05, 3.63) is 40.3 Å². The summed E-state index contributed by atoms with van der Waals surface area (Å²) in [4.78, 5) is 4.48. The third-order valence-corrected chi connectivity index (χ3v) is 3.73. The number of nitrogens with zero attached hydrogens (tertiary/aromatic N) is 1. The average molecular weight is 264 g/mol. The van der Waals surface area contributed by atoms with Crippen LogP contribution in [-0.2, 0) is 0 Å². The first-order chi connectivity index (χ1) is 6.84. The van der Waals surface area contributed by atoms with Crippen LogP contribution in [0.5, 0.6) is 0 Å². The van der Waals surface area contributed by atoms with Gasteiger partial charge in [-0.3, -0.25) is 0 Å². The first kappa shape index (κ1) is 8.38. The molecule has 0 saturated carbocycles. The molecule has 0 aliphatic rings. The van der Waals surface area contributed by atoms with Crippen LogP contribution in [0.1, 0.15) is 0 Å². The van der Waals surface area contributed by atoms with Gasteiger partial charge < -0.3 is 0 Å². The Bertz CT molecular complexity index is 615. The van der Waals surface area contributed by atoms with Crippen LogP contribution in [0.15, 0.2) is 40.3 Å². The minimum absolute atomic E-state index is 0.948. The van der Waals surface area contributed by atoms with Crippen molar-refractivity contribution in [1.82, 2.24) is 4.98 Å². The molecule has 0 saturated heterocycles. The van der Waals surface area contributed by atoms with Crippen molar-refractivity contribution in [2.75, 3.05) is 0 Å². The highest BCUT2D eigenvalue weighted by atomic mass is 79.9. The fourth-order valence-corrected chi connectivity index (χ4v) is 3.04. The summed E-state index contributed by atoms with van der Waals surface area (Å²) in [6.45, 7) is 0. The van der Waals surface area contributed by atoms with Crippen molar-refractivity contribution < 1.29 is 0 Å². The zero-order valence-electron chi connectivity index (χ0n) is 7.20. The molecule has 0 fully saturated rings. The van der Waals surface area contributed by atoms with E-state index in [-0.39, 0.29) is 0 Å². The molecule has 0 bridgehead atoms. The molecule has 1 heterocycles. The van der Waals surface area contributed by atoms with Crippen LogP contribution in [-0.4, -0.2) is 4.98 Å². The van der Waals surface area contributed by atoms with Gasteiger partial charge in [0.1, 0.15) is 0 Å². The Morgan fingerprint density at radius 3 is 2.86 bits per heavy atom. The van der Waals surface area contributed by atoms with Crippen molar-refractivity contribution in [1.29, 1.82) is 0 Å². The number of benzene rings is 2. The van der Waals surface area contributed by atoms with Crippen LogP contribution in [0, 0.1) is 0 Å². The van der Waals surface area contributed by atoms with Crippen molar-refractivity contribution in [2.45, 2.75) is 0 Å². The van der Waals surface area contributed by atoms with Gasteiger partial charge >= 0.3 is 0 Å². The van der Waals surface area contributed by atoms with Crippen LogP contribution in [0.3, 0.4) is 0 Å². The molecule has 3 aromatic rings. The summed E-state index contributed by atoms with van der Waals surface area (Å²) in [6, 6.07) is 12.6. The summed E-state index contributed by atoms with van der Waals surface area (Å²) in [5.74, 6) is 0. The quantitative estimate of drug-likeness (QED) is 0.592. The van der Waals surface area contributed by atoms with Crippen molar-refractivity contribution >= 4 is 48.3 Å². The monoisotopic (exact) mass is 263 g/mol. The van der Waals surface area contributed by atoms with E-state index in [9.17, 15) is 0 Å². The molecule has 1 aromatic heterocycles. The molecule has 2 aromatic carbocycles. The highest BCUT2D eigenvalue weighted by Crippen LogP contribution is 2.31. The van der Waals surface area contributed by atoms with E-state index < -0.39 is 0 Å². The smallest absolute Gasteiger partial charge is 0.160 e. The molecule has 3 heteroatoms. The fourth-order valence-electron chi connectivity index (χ4n) is 1.63. The van der Waals surface area contributed by atoms with Crippen molar-refractivity contribution in [3.8, 4) is 0 Å². The standard InChI is InChI=1S/C11H6BrNS/c12-11-13-10-8-4-2-1-3-7(8)5-6-9(10)14-11/h1-6H. The summed E-state index contributed by atoms with van der Waals surface area (Å²) < 4.78 is 2.18. The van der Waals surface area contributed by atoms with Gasteiger partial charge in [0.05, 0.1) is 10.2 Å². The van der Waals surface area contributed by atoms with Gasteiger partial charge in [-0.25, -0.2) is 4.98 Å². The molecule has 14 heavy (non-hydrogen) atoms. The van der Waals surface area contributed by atoms with Gasteiger partial charge in [-0.05, 0) is 27.4 Å². The molecule has 68 valence electrons. The second-order valence-corrected chi connectivity index (χ2v) is 5.41. The number of aromatic nitrogens is 1. The second kappa shape index (κ2) is 3.04. The predicted octanol–water partition coefficient (Wildman–Crippen LogP) is 4.21. The molecule has 0 aliphatic carbocycles. The predicted molar refractivity (Wildman–Crippen MR) is 64.8 cm³/mol. The number of hydrogen-bond acceptors (Lipinski definition) is 2. The molecular formula is C11H6BrNS. The molecule has 3 rings (SSSR count). The molecule has 0 unspecified atom stereocenters. The van der Waals surface area contributed by atoms with E-state index in [0.717, 1.165) is 9.43 Å². The van der Waals surface area contributed by atoms with Gasteiger partial charge in [0.25, 0.3) is 0 Å². The van der Waals surface area contributed by atoms with Gasteiger partial charge in [0, 0.05) is 5.39 Å². The highest BCUT2D eigenvalue weighted by molar-refractivity contribution is 9.11. The van der Waals surface area contributed by atoms with Crippen LogP contribution < -0.4 is 0 Å². The molecule has 0 radical (unpaired) electrons. The second-order valence-electron chi connectivity index (χ2n) is 3.10. The lowest BCUT2D eigenvalue weighted by Gasteiger charge is -1.96. The van der Waals surface area contributed by atoms with Crippen LogP contribution in [0.25, 0.3) is 21.0 Å². The summed E-state index contributed by atoms with van der Waals surface area (Å²) in [5.41, 5.74) is 1.10. The Kier molecular flexibility index (Phi) is 1.82. The summed E-state index contributed by atoms with van der Waals surface area (Å²) in [5, 5.41) is 2.48. The minimum Gasteiger partial charge on any atom is -0.228 e. The van der Waals surface area contributed by atoms with E-state index in [4.69, 9.17) is 0 Å². The maximum Gasteiger partial charge on any atom is 0.160 e. The Hall–Kier alpha value is -0.930. The first-order valence-corrected chi connectivity index (χ1v) is 5.89. The Morgan fingerprint density at radius 1 is 1.07 bits per heavy atom. The zero-order chi connectivity index (χ0) is 9.54. The first-order valence-electron chi connectivity index (χ1n) is 4.28. The summed E-state index contributed by atoms with van der Waals surface area (Å²) in [7, 11) is 0. The lowest BCUT2D eigenvalue weighted by atomic mass is 10.1. The third-order valence-electron chi connectivity index (χ3n) is 2.26. The largest absolute Gasteiger partial charge is 0.228 e. The molecule has 0 atom stereocenters. The third kappa shape index (κ3) is 1.16. The van der Waals surface area contributed by atoms with Crippen LogP contribution >= 0.6 is 27.3 Å². The van der Waals surface area contributed by atoms with E-state index in [2.05, 4.69) is 57.3 Å². The average Bonchev–Trinajstić information content (AvgIpc) is 2.59. The number of hydrogen-bond donors (Lipinski definition) is 0. The van der Waals surface area contributed by atoms with E-state index in [1.807, 2.05) is 0 Å². The molecule has 0 amide bonds. The van der Waals surface area contributed by atoms with Crippen molar-refractivity contribution in [2.24, 2.45) is 0 Å². The van der Waals surface area contributed by atoms with Gasteiger partial charge in [0.15, 0.2) is 3.92 Å². The summed E-state index contributed by atoms with van der Waals surface area (Å²) in [6.07, 6.45) is 0. The van der Waals surface area contributed by atoms with E-state index in [1.54, 1.807) is 11.3 Å². The van der Waals surface area contributed by atoms with Gasteiger partial charge in [-0.15, -0.1) is 11.3 Å². The fraction of sp³-hybridized carbons (Fsp3) is 0. The van der Waals surface area contributed by atoms with Gasteiger partial charge in [-0.2, -0.15) is 0 Å². The number of rotatable bonds is 0. The van der Waals surface area contributed by atoms with E-state index in [1.165, 1.54) is 15.5 Å².